The van der Waals surface area contributed by atoms with Crippen molar-refractivity contribution < 1.29 is 17.8 Å². The lowest BCUT2D eigenvalue weighted by molar-refractivity contribution is 0.102. The van der Waals surface area contributed by atoms with Crippen molar-refractivity contribution in [2.45, 2.75) is 4.90 Å². The van der Waals surface area contributed by atoms with Gasteiger partial charge in [-0.05, 0) is 24.3 Å². The molecular formula is C12H6Cl2F2O2S2. The first-order valence-corrected chi connectivity index (χ1v) is 8.09. The van der Waals surface area contributed by atoms with Crippen LogP contribution < -0.4 is 0 Å². The van der Waals surface area contributed by atoms with Crippen molar-refractivity contribution in [2.75, 3.05) is 5.75 Å². The molecule has 1 aromatic heterocycles. The number of benzene rings is 1. The molecule has 1 atom stereocenters. The molecule has 0 fully saturated rings. The van der Waals surface area contributed by atoms with Crippen LogP contribution in [0.15, 0.2) is 29.2 Å². The van der Waals surface area contributed by atoms with Gasteiger partial charge in [0.1, 0.15) is 16.0 Å². The van der Waals surface area contributed by atoms with Crippen LogP contribution in [0.3, 0.4) is 0 Å². The van der Waals surface area contributed by atoms with Crippen molar-refractivity contribution in [1.82, 2.24) is 0 Å². The fourth-order valence-corrected chi connectivity index (χ4v) is 4.03. The van der Waals surface area contributed by atoms with E-state index >= 15 is 0 Å². The summed E-state index contributed by atoms with van der Waals surface area (Å²) < 4.78 is 38.9. The topological polar surface area (TPSA) is 34.1 Å². The molecule has 8 heteroatoms. The zero-order chi connectivity index (χ0) is 14.9. The number of carbonyl (C=O) groups excluding carboxylic acids is 1. The summed E-state index contributed by atoms with van der Waals surface area (Å²) in [6.07, 6.45) is 0. The third-order valence-corrected chi connectivity index (χ3v) is 5.17. The van der Waals surface area contributed by atoms with Gasteiger partial charge >= 0.3 is 0 Å². The molecule has 1 aromatic carbocycles. The van der Waals surface area contributed by atoms with E-state index in [2.05, 4.69) is 0 Å². The summed E-state index contributed by atoms with van der Waals surface area (Å²) in [7, 11) is -2.00. The number of hydrogen-bond acceptors (Lipinski definition) is 3. The Labute approximate surface area is 129 Å². The molecule has 0 amide bonds. The van der Waals surface area contributed by atoms with Crippen LogP contribution in [0.1, 0.15) is 10.4 Å². The molecule has 0 aliphatic rings. The Morgan fingerprint density at radius 1 is 1.25 bits per heavy atom. The number of carbonyl (C=O) groups is 1. The van der Waals surface area contributed by atoms with E-state index < -0.39 is 34.0 Å². The summed E-state index contributed by atoms with van der Waals surface area (Å²) in [6, 6.07) is 3.94. The zero-order valence-electron chi connectivity index (χ0n) is 9.66. The fourth-order valence-electron chi connectivity index (χ4n) is 1.46. The van der Waals surface area contributed by atoms with Crippen LogP contribution in [0.4, 0.5) is 8.78 Å². The number of Topliss-reactive ketones (excluding diaryl/α,β-unsaturated/α-hetero) is 1. The Kier molecular flexibility index (Phi) is 4.90. The largest absolute Gasteiger partial charge is 0.293 e. The summed E-state index contributed by atoms with van der Waals surface area (Å²) in [5.74, 6) is -2.58. The summed E-state index contributed by atoms with van der Waals surface area (Å²) in [5.41, 5.74) is 0.131. The van der Waals surface area contributed by atoms with Gasteiger partial charge in [-0.25, -0.2) is 8.78 Å². The second-order valence-electron chi connectivity index (χ2n) is 3.73. The average Bonchev–Trinajstić information content (AvgIpc) is 2.71. The predicted molar refractivity (Wildman–Crippen MR) is 76.3 cm³/mol. The number of hydrogen-bond donors (Lipinski definition) is 0. The van der Waals surface area contributed by atoms with Gasteiger partial charge in [-0.2, -0.15) is 0 Å². The molecule has 0 saturated carbocycles. The highest BCUT2D eigenvalue weighted by Gasteiger charge is 2.20. The molecule has 2 aromatic rings. The molecule has 0 N–H and O–H groups in total. The maximum Gasteiger partial charge on any atom is 0.178 e. The Balaban J connectivity index is 2.21. The van der Waals surface area contributed by atoms with E-state index in [0.29, 0.717) is 4.34 Å². The number of rotatable bonds is 4. The van der Waals surface area contributed by atoms with Crippen LogP contribution in [0.5, 0.6) is 0 Å². The van der Waals surface area contributed by atoms with Crippen LogP contribution >= 0.6 is 34.5 Å². The van der Waals surface area contributed by atoms with Crippen LogP contribution in [-0.2, 0) is 10.8 Å². The van der Waals surface area contributed by atoms with Crippen molar-refractivity contribution in [3.8, 4) is 0 Å². The molecule has 1 unspecified atom stereocenters. The summed E-state index contributed by atoms with van der Waals surface area (Å²) in [4.78, 5) is 11.6. The van der Waals surface area contributed by atoms with Crippen molar-refractivity contribution in [1.29, 1.82) is 0 Å². The molecule has 1 heterocycles. The maximum absolute atomic E-state index is 13.4. The molecule has 2 nitrogen and oxygen atoms in total. The van der Waals surface area contributed by atoms with Gasteiger partial charge in [0.05, 0.1) is 25.8 Å². The second kappa shape index (κ2) is 6.30. The molecule has 0 saturated heterocycles. The van der Waals surface area contributed by atoms with Crippen molar-refractivity contribution in [3.63, 3.8) is 0 Å². The van der Waals surface area contributed by atoms with E-state index in [9.17, 15) is 17.8 Å². The third kappa shape index (κ3) is 3.44. The summed E-state index contributed by atoms with van der Waals surface area (Å²) in [6.45, 7) is 0. The van der Waals surface area contributed by atoms with Crippen LogP contribution in [0.25, 0.3) is 0 Å². The quantitative estimate of drug-likeness (QED) is 0.766. The number of thiophene rings is 1. The van der Waals surface area contributed by atoms with Crippen molar-refractivity contribution >= 4 is 51.1 Å². The Morgan fingerprint density at radius 3 is 2.55 bits per heavy atom. The molecule has 0 radical (unpaired) electrons. The van der Waals surface area contributed by atoms with Gasteiger partial charge in [0, 0.05) is 5.56 Å². The van der Waals surface area contributed by atoms with E-state index in [0.717, 1.165) is 29.5 Å². The van der Waals surface area contributed by atoms with Crippen LogP contribution in [0.2, 0.25) is 8.67 Å². The lowest BCUT2D eigenvalue weighted by atomic mass is 10.2. The highest BCUT2D eigenvalue weighted by Crippen LogP contribution is 2.31. The van der Waals surface area contributed by atoms with Crippen LogP contribution in [-0.4, -0.2) is 15.7 Å². The standard InChI is InChI=1S/C12H6Cl2F2O2S2/c13-11-4-7(12(14)19-11)9(17)5-20(18)10-3-6(15)1-2-8(10)16/h1-4H,5H2. The van der Waals surface area contributed by atoms with Gasteiger partial charge in [0.25, 0.3) is 0 Å². The zero-order valence-corrected chi connectivity index (χ0v) is 12.8. The SMILES string of the molecule is O=C(CS(=O)c1cc(F)ccc1F)c1cc(Cl)sc1Cl. The van der Waals surface area contributed by atoms with Crippen molar-refractivity contribution in [3.05, 3.63) is 50.1 Å². The second-order valence-corrected chi connectivity index (χ2v) is 7.43. The van der Waals surface area contributed by atoms with Gasteiger partial charge in [0.2, 0.25) is 0 Å². The molecule has 0 aliphatic heterocycles. The molecular weight excluding hydrogens is 349 g/mol. The van der Waals surface area contributed by atoms with Crippen molar-refractivity contribution in [2.24, 2.45) is 0 Å². The van der Waals surface area contributed by atoms with E-state index in [1.807, 2.05) is 0 Å². The number of ketones is 1. The Hall–Kier alpha value is -0.820. The highest BCUT2D eigenvalue weighted by atomic mass is 35.5. The minimum atomic E-state index is -2.00. The Bertz CT molecular complexity index is 701. The summed E-state index contributed by atoms with van der Waals surface area (Å²) >= 11 is 12.5. The smallest absolute Gasteiger partial charge is 0.178 e. The molecule has 20 heavy (non-hydrogen) atoms. The molecule has 106 valence electrons. The predicted octanol–water partition coefficient (Wildman–Crippen LogP) is 4.32. The average molecular weight is 355 g/mol. The highest BCUT2D eigenvalue weighted by molar-refractivity contribution is 7.85. The fraction of sp³-hybridized carbons (Fsp3) is 0.0833. The van der Waals surface area contributed by atoms with Gasteiger partial charge in [-0.1, -0.05) is 23.2 Å². The monoisotopic (exact) mass is 354 g/mol. The number of halogens is 4. The van der Waals surface area contributed by atoms with Gasteiger partial charge in [-0.3, -0.25) is 9.00 Å². The van der Waals surface area contributed by atoms with Gasteiger partial charge in [0.15, 0.2) is 5.78 Å². The molecule has 0 spiro atoms. The Morgan fingerprint density at radius 2 is 1.95 bits per heavy atom. The molecule has 2 rings (SSSR count). The lowest BCUT2D eigenvalue weighted by Gasteiger charge is -2.03. The van der Waals surface area contributed by atoms with Gasteiger partial charge in [-0.15, -0.1) is 11.3 Å². The molecule has 0 bridgehead atoms. The lowest BCUT2D eigenvalue weighted by Crippen LogP contribution is -2.12. The summed E-state index contributed by atoms with van der Waals surface area (Å²) in [5, 5.41) is 0. The van der Waals surface area contributed by atoms with E-state index in [-0.39, 0.29) is 14.8 Å². The molecule has 0 aliphatic carbocycles. The minimum absolute atomic E-state index is 0.131. The first-order chi connectivity index (χ1) is 9.38. The van der Waals surface area contributed by atoms with E-state index in [1.54, 1.807) is 0 Å². The normalized spacial score (nSPS) is 12.4. The van der Waals surface area contributed by atoms with E-state index in [4.69, 9.17) is 23.2 Å². The van der Waals surface area contributed by atoms with E-state index in [1.165, 1.54) is 6.07 Å². The first kappa shape index (κ1) is 15.6. The maximum atomic E-state index is 13.4. The van der Waals surface area contributed by atoms with Crippen LogP contribution in [0, 0.1) is 11.6 Å². The third-order valence-electron chi connectivity index (χ3n) is 2.36. The first-order valence-electron chi connectivity index (χ1n) is 5.20. The minimum Gasteiger partial charge on any atom is -0.293 e. The van der Waals surface area contributed by atoms with Gasteiger partial charge < -0.3 is 0 Å².